The summed E-state index contributed by atoms with van der Waals surface area (Å²) in [5.74, 6) is 0. The first-order valence-electron chi connectivity index (χ1n) is 4.34. The molecular weight excluding hydrogens is 289 g/mol. The molecule has 0 amide bonds. The molecule has 0 heterocycles. The van der Waals surface area contributed by atoms with E-state index in [1.165, 1.54) is 0 Å². The Morgan fingerprint density at radius 3 is 1.44 bits per heavy atom. The Hall–Kier alpha value is -1.24. The summed E-state index contributed by atoms with van der Waals surface area (Å²) in [5.41, 5.74) is 0. The van der Waals surface area contributed by atoms with E-state index in [1.807, 2.05) is 0 Å². The molecule has 3 nitrogen and oxygen atoms in total. The molecule has 0 fully saturated rings. The molecule has 0 aromatic carbocycles. The predicted molar refractivity (Wildman–Crippen MR) is 49.4 cm³/mol. The molecule has 0 N–H and O–H groups in total. The summed E-state index contributed by atoms with van der Waals surface area (Å²) in [6, 6.07) is 0. The third kappa shape index (κ3) is 12.8. The van der Waals surface area contributed by atoms with Crippen LogP contribution in [0.1, 0.15) is 12.8 Å². The maximum Gasteiger partial charge on any atom is 0.804 e. The van der Waals surface area contributed by atoms with Gasteiger partial charge in [-0.2, -0.15) is 26.3 Å². The third-order valence-corrected chi connectivity index (χ3v) is 1.77. The lowest BCUT2D eigenvalue weighted by molar-refractivity contribution is -0.126. The molecule has 0 unspecified atom stereocenters. The summed E-state index contributed by atoms with van der Waals surface area (Å²) >= 11 is 0. The van der Waals surface area contributed by atoms with E-state index >= 15 is 0 Å². The van der Waals surface area contributed by atoms with Crippen LogP contribution in [0.15, 0.2) is 24.7 Å². The maximum atomic E-state index is 11.6. The molecule has 0 radical (unpaired) electrons. The van der Waals surface area contributed by atoms with E-state index in [0.717, 1.165) is 0 Å². The molecule has 10 heteroatoms. The average molecular weight is 297 g/mol. The van der Waals surface area contributed by atoms with Gasteiger partial charge in [-0.05, 0) is 12.2 Å². The summed E-state index contributed by atoms with van der Waals surface area (Å²) in [5, 5.41) is 0. The zero-order chi connectivity index (χ0) is 14.2. The SMILES string of the molecule is O=[P+](OC=CCC(F)(F)F)OC=CCC(F)(F)F. The van der Waals surface area contributed by atoms with Crippen molar-refractivity contribution in [2.45, 2.75) is 25.2 Å². The van der Waals surface area contributed by atoms with E-state index in [1.54, 1.807) is 0 Å². The van der Waals surface area contributed by atoms with E-state index in [-0.39, 0.29) is 0 Å². The fourth-order valence-electron chi connectivity index (χ4n) is 0.574. The summed E-state index contributed by atoms with van der Waals surface area (Å²) in [4.78, 5) is 0. The average Bonchev–Trinajstić information content (AvgIpc) is 2.17. The maximum absolute atomic E-state index is 11.6. The molecular formula is C8H8F6O3P+. The molecule has 0 bridgehead atoms. The van der Waals surface area contributed by atoms with Gasteiger partial charge in [0.15, 0.2) is 12.5 Å². The van der Waals surface area contributed by atoms with Gasteiger partial charge in [-0.25, -0.2) is 9.05 Å². The summed E-state index contributed by atoms with van der Waals surface area (Å²) in [7, 11) is -2.83. The second-order valence-electron chi connectivity index (χ2n) is 2.82. The van der Waals surface area contributed by atoms with Crippen molar-refractivity contribution in [2.24, 2.45) is 0 Å². The van der Waals surface area contributed by atoms with Crippen molar-refractivity contribution in [3.8, 4) is 0 Å². The highest BCUT2D eigenvalue weighted by molar-refractivity contribution is 7.33. The molecule has 0 aromatic rings. The lowest BCUT2D eigenvalue weighted by atomic mass is 10.4. The Labute approximate surface area is 99.0 Å². The first kappa shape index (κ1) is 16.8. The number of hydrogen-bond donors (Lipinski definition) is 0. The van der Waals surface area contributed by atoms with E-state index in [0.29, 0.717) is 24.7 Å². The lowest BCUT2D eigenvalue weighted by Gasteiger charge is -1.98. The Morgan fingerprint density at radius 2 is 1.17 bits per heavy atom. The van der Waals surface area contributed by atoms with Crippen molar-refractivity contribution in [3.05, 3.63) is 24.7 Å². The lowest BCUT2D eigenvalue weighted by Crippen LogP contribution is -2.04. The van der Waals surface area contributed by atoms with Crippen LogP contribution in [0.2, 0.25) is 0 Å². The van der Waals surface area contributed by atoms with Gasteiger partial charge in [-0.3, -0.25) is 0 Å². The summed E-state index contributed by atoms with van der Waals surface area (Å²) in [6.07, 6.45) is -9.28. The highest BCUT2D eigenvalue weighted by Gasteiger charge is 2.26. The standard InChI is InChI=1S/C8H8F6O3P/c9-7(10,11)3-1-5-16-18(15)17-6-2-4-8(12,13)14/h1-2,5-6H,3-4H2/q+1. The van der Waals surface area contributed by atoms with Crippen LogP contribution < -0.4 is 0 Å². The number of rotatable bonds is 6. The van der Waals surface area contributed by atoms with E-state index in [9.17, 15) is 30.9 Å². The van der Waals surface area contributed by atoms with E-state index in [4.69, 9.17) is 0 Å². The van der Waals surface area contributed by atoms with Gasteiger partial charge in [0, 0.05) is 4.57 Å². The molecule has 0 rings (SSSR count). The first-order valence-corrected chi connectivity index (χ1v) is 5.44. The molecule has 0 aliphatic heterocycles. The second-order valence-corrected chi connectivity index (χ2v) is 3.69. The molecule has 18 heavy (non-hydrogen) atoms. The molecule has 104 valence electrons. The summed E-state index contributed by atoms with van der Waals surface area (Å²) < 4.78 is 88.7. The molecule has 0 aromatic heterocycles. The van der Waals surface area contributed by atoms with Crippen LogP contribution in [0.5, 0.6) is 0 Å². The van der Waals surface area contributed by atoms with Crippen molar-refractivity contribution >= 4 is 8.25 Å². The van der Waals surface area contributed by atoms with E-state index in [2.05, 4.69) is 9.05 Å². The molecule has 0 aliphatic rings. The fraction of sp³-hybridized carbons (Fsp3) is 0.500. The van der Waals surface area contributed by atoms with Gasteiger partial charge in [0.05, 0.1) is 12.8 Å². The highest BCUT2D eigenvalue weighted by Crippen LogP contribution is 2.26. The molecule has 0 spiro atoms. The number of alkyl halides is 6. The normalized spacial score (nSPS) is 14.2. The largest absolute Gasteiger partial charge is 0.804 e. The van der Waals surface area contributed by atoms with Crippen LogP contribution in [0, 0.1) is 0 Å². The van der Waals surface area contributed by atoms with Gasteiger partial charge in [-0.1, -0.05) is 0 Å². The Morgan fingerprint density at radius 1 is 0.833 bits per heavy atom. The number of hydrogen-bond acceptors (Lipinski definition) is 3. The number of halogens is 6. The van der Waals surface area contributed by atoms with Crippen molar-refractivity contribution in [2.75, 3.05) is 0 Å². The van der Waals surface area contributed by atoms with Crippen LogP contribution >= 0.6 is 8.25 Å². The van der Waals surface area contributed by atoms with Crippen LogP contribution in [-0.4, -0.2) is 12.4 Å². The molecule has 0 saturated carbocycles. The Balaban J connectivity index is 3.79. The smallest absolute Gasteiger partial charge is 0.231 e. The monoisotopic (exact) mass is 297 g/mol. The minimum Gasteiger partial charge on any atom is -0.231 e. The van der Waals surface area contributed by atoms with Crippen molar-refractivity contribution in [1.29, 1.82) is 0 Å². The zero-order valence-electron chi connectivity index (χ0n) is 8.66. The van der Waals surface area contributed by atoms with Crippen LogP contribution in [-0.2, 0) is 13.6 Å². The third-order valence-electron chi connectivity index (χ3n) is 1.18. The van der Waals surface area contributed by atoms with Gasteiger partial charge in [0.25, 0.3) is 0 Å². The van der Waals surface area contributed by atoms with Gasteiger partial charge in [-0.15, -0.1) is 0 Å². The zero-order valence-corrected chi connectivity index (χ0v) is 9.56. The Kier molecular flexibility index (Phi) is 6.75. The van der Waals surface area contributed by atoms with Crippen molar-refractivity contribution in [3.63, 3.8) is 0 Å². The van der Waals surface area contributed by atoms with Crippen molar-refractivity contribution < 1.29 is 40.0 Å². The number of allylic oxidation sites excluding steroid dienone is 2. The topological polar surface area (TPSA) is 35.5 Å². The van der Waals surface area contributed by atoms with Gasteiger partial charge < -0.3 is 0 Å². The van der Waals surface area contributed by atoms with Gasteiger partial charge in [0.2, 0.25) is 0 Å². The highest BCUT2D eigenvalue weighted by atomic mass is 31.1. The predicted octanol–water partition coefficient (Wildman–Crippen LogP) is 4.61. The first-order chi connectivity index (χ1) is 8.10. The fourth-order valence-corrected chi connectivity index (χ4v) is 0.994. The van der Waals surface area contributed by atoms with Crippen LogP contribution in [0.3, 0.4) is 0 Å². The van der Waals surface area contributed by atoms with Crippen LogP contribution in [0.4, 0.5) is 26.3 Å². The minimum atomic E-state index is -4.42. The Bertz CT molecular complexity index is 290. The summed E-state index contributed by atoms with van der Waals surface area (Å²) in [6.45, 7) is 0. The van der Waals surface area contributed by atoms with Crippen molar-refractivity contribution in [1.82, 2.24) is 0 Å². The van der Waals surface area contributed by atoms with Crippen LogP contribution in [0.25, 0.3) is 0 Å². The van der Waals surface area contributed by atoms with Gasteiger partial charge >= 0.3 is 20.6 Å². The minimum absolute atomic E-state index is 0.504. The molecule has 0 atom stereocenters. The molecule has 0 saturated heterocycles. The molecule has 0 aliphatic carbocycles. The second kappa shape index (κ2) is 7.25. The van der Waals surface area contributed by atoms with E-state index < -0.39 is 33.4 Å². The quantitative estimate of drug-likeness (QED) is 0.408. The van der Waals surface area contributed by atoms with Gasteiger partial charge in [0.1, 0.15) is 0 Å².